The Kier molecular flexibility index (Phi) is 4.87. The van der Waals surface area contributed by atoms with Gasteiger partial charge < -0.3 is 19.9 Å². The maximum absolute atomic E-state index is 13.3. The Morgan fingerprint density at radius 2 is 1.93 bits per heavy atom. The van der Waals surface area contributed by atoms with Gasteiger partial charge in [0.05, 0.1) is 24.4 Å². The average Bonchev–Trinajstić information content (AvgIpc) is 3.28. The standard InChI is InChI=1S/C20H19FN4OS/c21-14-6-8-15(9-7-14)24-11-3-5-17(24)19-18(16-4-1-2-10-22-16)23-20(27)25(19)12-13-26/h1-11,18-19,26H,12-13H2,(H,23,27)/t18-,19+/m0/s1. The zero-order valence-electron chi connectivity index (χ0n) is 14.5. The van der Waals surface area contributed by atoms with Crippen molar-refractivity contribution in [1.82, 2.24) is 19.8 Å². The molecular weight excluding hydrogens is 363 g/mol. The van der Waals surface area contributed by atoms with Crippen molar-refractivity contribution >= 4 is 17.3 Å². The number of pyridine rings is 1. The second-order valence-electron chi connectivity index (χ2n) is 6.32. The molecule has 1 fully saturated rings. The summed E-state index contributed by atoms with van der Waals surface area (Å²) in [5.74, 6) is -0.274. The number of nitrogens with zero attached hydrogens (tertiary/aromatic N) is 3. The number of aliphatic hydroxyl groups is 1. The van der Waals surface area contributed by atoms with Gasteiger partial charge in [-0.05, 0) is 60.7 Å². The number of β-amino-alcohol motifs (C(OH)–C–C–N with tert-alkyl or cyclic N) is 1. The number of benzene rings is 1. The summed E-state index contributed by atoms with van der Waals surface area (Å²) in [5, 5.41) is 13.5. The van der Waals surface area contributed by atoms with Gasteiger partial charge in [0, 0.05) is 30.3 Å². The minimum atomic E-state index is -0.274. The van der Waals surface area contributed by atoms with E-state index in [1.165, 1.54) is 12.1 Å². The first-order chi connectivity index (χ1) is 13.2. The van der Waals surface area contributed by atoms with Crippen LogP contribution in [0.3, 0.4) is 0 Å². The highest BCUT2D eigenvalue weighted by Gasteiger charge is 2.40. The summed E-state index contributed by atoms with van der Waals surface area (Å²) in [4.78, 5) is 6.47. The molecule has 0 radical (unpaired) electrons. The lowest BCUT2D eigenvalue weighted by molar-refractivity contribution is 0.220. The molecule has 5 nitrogen and oxygen atoms in total. The molecule has 138 valence electrons. The zero-order valence-corrected chi connectivity index (χ0v) is 15.3. The van der Waals surface area contributed by atoms with Crippen molar-refractivity contribution in [2.24, 2.45) is 0 Å². The Hall–Kier alpha value is -2.77. The molecule has 2 N–H and O–H groups in total. The molecule has 27 heavy (non-hydrogen) atoms. The number of nitrogens with one attached hydrogen (secondary N) is 1. The first kappa shape index (κ1) is 17.6. The smallest absolute Gasteiger partial charge is 0.170 e. The van der Waals surface area contributed by atoms with Gasteiger partial charge >= 0.3 is 0 Å². The Morgan fingerprint density at radius 1 is 1.11 bits per heavy atom. The van der Waals surface area contributed by atoms with Crippen molar-refractivity contribution in [1.29, 1.82) is 0 Å². The fourth-order valence-corrected chi connectivity index (χ4v) is 3.88. The van der Waals surface area contributed by atoms with Gasteiger partial charge in [-0.1, -0.05) is 6.07 Å². The molecule has 0 bridgehead atoms. The van der Waals surface area contributed by atoms with E-state index in [0.717, 1.165) is 17.1 Å². The maximum atomic E-state index is 13.3. The fraction of sp³-hybridized carbons (Fsp3) is 0.200. The van der Waals surface area contributed by atoms with Gasteiger partial charge in [-0.25, -0.2) is 4.39 Å². The normalized spacial score (nSPS) is 19.3. The molecule has 0 unspecified atom stereocenters. The molecule has 0 aliphatic carbocycles. The molecule has 0 amide bonds. The van der Waals surface area contributed by atoms with Crippen molar-refractivity contribution in [3.05, 3.63) is 84.2 Å². The predicted molar refractivity (Wildman–Crippen MR) is 105 cm³/mol. The fourth-order valence-electron chi connectivity index (χ4n) is 3.55. The molecule has 0 saturated carbocycles. The summed E-state index contributed by atoms with van der Waals surface area (Å²) in [6, 6.07) is 15.8. The number of hydrogen-bond acceptors (Lipinski definition) is 3. The minimum absolute atomic E-state index is 0.00941. The van der Waals surface area contributed by atoms with E-state index in [1.807, 2.05) is 46.0 Å². The lowest BCUT2D eigenvalue weighted by Crippen LogP contribution is -2.32. The highest BCUT2D eigenvalue weighted by molar-refractivity contribution is 7.80. The lowest BCUT2D eigenvalue weighted by Gasteiger charge is -2.28. The van der Waals surface area contributed by atoms with E-state index in [1.54, 1.807) is 18.3 Å². The summed E-state index contributed by atoms with van der Waals surface area (Å²) < 4.78 is 15.4. The molecule has 2 aromatic heterocycles. The molecule has 1 aliphatic heterocycles. The number of hydrogen-bond donors (Lipinski definition) is 2. The van der Waals surface area contributed by atoms with Crippen LogP contribution >= 0.6 is 12.2 Å². The molecule has 7 heteroatoms. The van der Waals surface area contributed by atoms with E-state index in [4.69, 9.17) is 12.2 Å². The van der Waals surface area contributed by atoms with Crippen LogP contribution in [0.15, 0.2) is 67.0 Å². The van der Waals surface area contributed by atoms with Crippen molar-refractivity contribution in [3.8, 4) is 5.69 Å². The van der Waals surface area contributed by atoms with Crippen molar-refractivity contribution in [2.45, 2.75) is 12.1 Å². The second kappa shape index (κ2) is 7.46. The molecular formula is C20H19FN4OS. The molecule has 1 aromatic carbocycles. The van der Waals surface area contributed by atoms with Crippen LogP contribution in [0, 0.1) is 5.82 Å². The van der Waals surface area contributed by atoms with E-state index in [9.17, 15) is 9.50 Å². The first-order valence-corrected chi connectivity index (χ1v) is 9.12. The summed E-state index contributed by atoms with van der Waals surface area (Å²) >= 11 is 5.53. The predicted octanol–water partition coefficient (Wildman–Crippen LogP) is 2.98. The van der Waals surface area contributed by atoms with E-state index < -0.39 is 0 Å². The van der Waals surface area contributed by atoms with Gasteiger partial charge in [0.25, 0.3) is 0 Å². The molecule has 3 heterocycles. The summed E-state index contributed by atoms with van der Waals surface area (Å²) in [5.41, 5.74) is 2.72. The zero-order chi connectivity index (χ0) is 18.8. The first-order valence-electron chi connectivity index (χ1n) is 8.71. The topological polar surface area (TPSA) is 53.3 Å². The van der Waals surface area contributed by atoms with Crippen molar-refractivity contribution in [3.63, 3.8) is 0 Å². The summed E-state index contributed by atoms with van der Waals surface area (Å²) in [6.07, 6.45) is 3.70. The Bertz CT molecular complexity index is 929. The number of aromatic nitrogens is 2. The van der Waals surface area contributed by atoms with Crippen molar-refractivity contribution < 1.29 is 9.50 Å². The minimum Gasteiger partial charge on any atom is -0.395 e. The summed E-state index contributed by atoms with van der Waals surface area (Å²) in [6.45, 7) is 0.402. The van der Waals surface area contributed by atoms with Crippen LogP contribution in [-0.4, -0.2) is 37.8 Å². The Labute approximate surface area is 162 Å². The van der Waals surface area contributed by atoms with E-state index in [0.29, 0.717) is 11.7 Å². The van der Waals surface area contributed by atoms with Gasteiger partial charge in [0.2, 0.25) is 0 Å². The molecule has 1 saturated heterocycles. The maximum Gasteiger partial charge on any atom is 0.170 e. The monoisotopic (exact) mass is 382 g/mol. The van der Waals surface area contributed by atoms with Crippen molar-refractivity contribution in [2.75, 3.05) is 13.2 Å². The molecule has 1 aliphatic rings. The van der Waals surface area contributed by atoms with Crippen LogP contribution in [0.25, 0.3) is 5.69 Å². The highest BCUT2D eigenvalue weighted by atomic mass is 32.1. The Balaban J connectivity index is 1.80. The van der Waals surface area contributed by atoms with Crippen LogP contribution in [0.5, 0.6) is 0 Å². The van der Waals surface area contributed by atoms with Crippen LogP contribution in [0.4, 0.5) is 4.39 Å². The van der Waals surface area contributed by atoms with Gasteiger partial charge in [-0.3, -0.25) is 4.98 Å². The summed E-state index contributed by atoms with van der Waals surface area (Å²) in [7, 11) is 0. The third-order valence-corrected chi connectivity index (χ3v) is 5.08. The quantitative estimate of drug-likeness (QED) is 0.665. The third-order valence-electron chi connectivity index (χ3n) is 4.73. The van der Waals surface area contributed by atoms with E-state index in [-0.39, 0.29) is 24.5 Å². The van der Waals surface area contributed by atoms with Gasteiger partial charge in [0.15, 0.2) is 5.11 Å². The lowest BCUT2D eigenvalue weighted by atomic mass is 10.0. The third kappa shape index (κ3) is 3.31. The largest absolute Gasteiger partial charge is 0.395 e. The second-order valence-corrected chi connectivity index (χ2v) is 6.71. The number of thiocarbonyl (C=S) groups is 1. The molecule has 2 atom stereocenters. The molecule has 4 rings (SSSR count). The number of halogens is 1. The number of aliphatic hydroxyl groups excluding tert-OH is 1. The van der Waals surface area contributed by atoms with E-state index >= 15 is 0 Å². The van der Waals surface area contributed by atoms with Gasteiger partial charge in [0.1, 0.15) is 5.82 Å². The van der Waals surface area contributed by atoms with Crippen LogP contribution in [0.2, 0.25) is 0 Å². The Morgan fingerprint density at radius 3 is 2.63 bits per heavy atom. The van der Waals surface area contributed by atoms with Gasteiger partial charge in [-0.15, -0.1) is 0 Å². The van der Waals surface area contributed by atoms with Crippen LogP contribution in [-0.2, 0) is 0 Å². The average molecular weight is 382 g/mol. The molecule has 0 spiro atoms. The highest BCUT2D eigenvalue weighted by Crippen LogP contribution is 2.39. The number of rotatable bonds is 5. The van der Waals surface area contributed by atoms with E-state index in [2.05, 4.69) is 10.3 Å². The van der Waals surface area contributed by atoms with Gasteiger partial charge in [-0.2, -0.15) is 0 Å². The SMILES string of the molecule is OCCN1C(=S)N[C@@H](c2ccccn2)[C@H]1c1cccn1-c1ccc(F)cc1. The van der Waals surface area contributed by atoms with Crippen LogP contribution in [0.1, 0.15) is 23.5 Å². The molecule has 3 aromatic rings. The van der Waals surface area contributed by atoms with Crippen LogP contribution < -0.4 is 5.32 Å².